The van der Waals surface area contributed by atoms with Crippen LogP contribution in [0, 0.1) is 5.92 Å². The van der Waals surface area contributed by atoms with Crippen LogP contribution in [0.2, 0.25) is 0 Å². The third kappa shape index (κ3) is 7.41. The predicted molar refractivity (Wildman–Crippen MR) is 168 cm³/mol. The molecule has 0 spiro atoms. The Morgan fingerprint density at radius 3 is 2.33 bits per heavy atom. The number of benzene rings is 2. The van der Waals surface area contributed by atoms with Crippen LogP contribution < -0.4 is 5.32 Å². The Hall–Kier alpha value is -3.41. The number of urea groups is 1. The van der Waals surface area contributed by atoms with Gasteiger partial charge in [0.1, 0.15) is 5.70 Å². The summed E-state index contributed by atoms with van der Waals surface area (Å²) in [5.74, 6) is 0.300. The summed E-state index contributed by atoms with van der Waals surface area (Å²) < 4.78 is 0. The molecule has 1 saturated carbocycles. The molecule has 216 valence electrons. The number of carbonyl (C=O) groups is 2. The number of para-hydroxylation sites is 1. The number of aryl methyl sites for hydroxylation is 1. The zero-order valence-electron chi connectivity index (χ0n) is 24.8. The lowest BCUT2D eigenvalue weighted by Gasteiger charge is -2.33. The maximum absolute atomic E-state index is 13.3. The van der Waals surface area contributed by atoms with E-state index < -0.39 is 0 Å². The van der Waals surface area contributed by atoms with Crippen molar-refractivity contribution in [3.8, 4) is 11.1 Å². The third-order valence-corrected chi connectivity index (χ3v) is 8.57. The highest BCUT2D eigenvalue weighted by molar-refractivity contribution is 5.98. The van der Waals surface area contributed by atoms with Crippen LogP contribution >= 0.6 is 0 Å². The predicted octanol–water partition coefficient (Wildman–Crippen LogP) is 7.95. The molecule has 1 heterocycles. The molecule has 0 radical (unpaired) electrons. The Balaban J connectivity index is 0.00000462. The lowest BCUT2D eigenvalue weighted by molar-refractivity contribution is -0.128. The Bertz CT molecular complexity index is 1210. The summed E-state index contributed by atoms with van der Waals surface area (Å²) in [5.41, 5.74) is 5.80. The summed E-state index contributed by atoms with van der Waals surface area (Å²) in [6, 6.07) is 16.8. The fraction of sp³-hybridized carbons (Fsp3) is 0.500. The lowest BCUT2D eigenvalue weighted by Crippen LogP contribution is -2.42. The monoisotopic (exact) mass is 544 g/mol. The molecular formula is C34H48N4O2. The van der Waals surface area contributed by atoms with Crippen LogP contribution in [0.15, 0.2) is 65.3 Å². The van der Waals surface area contributed by atoms with Gasteiger partial charge in [-0.2, -0.15) is 0 Å². The molecule has 0 unspecified atom stereocenters. The Labute approximate surface area is 242 Å². The largest absolute Gasteiger partial charge is 0.337 e. The van der Waals surface area contributed by atoms with Crippen molar-refractivity contribution in [1.29, 1.82) is 0 Å². The number of nitrogens with zero attached hydrogens (tertiary/aromatic N) is 3. The first-order chi connectivity index (χ1) is 19.4. The fourth-order valence-corrected chi connectivity index (χ4v) is 5.93. The molecule has 1 N–H and O–H groups in total. The van der Waals surface area contributed by atoms with E-state index >= 15 is 0 Å². The van der Waals surface area contributed by atoms with E-state index in [0.717, 1.165) is 61.1 Å². The number of likely N-dealkylation sites (N-methyl/N-ethyl adjacent to an activating group) is 1. The zero-order valence-corrected chi connectivity index (χ0v) is 24.8. The molecule has 6 nitrogen and oxygen atoms in total. The summed E-state index contributed by atoms with van der Waals surface area (Å²) in [6.07, 6.45) is 11.2. The highest BCUT2D eigenvalue weighted by Crippen LogP contribution is 2.29. The van der Waals surface area contributed by atoms with E-state index in [1.54, 1.807) is 0 Å². The van der Waals surface area contributed by atoms with E-state index in [1.165, 1.54) is 24.8 Å². The number of allylic oxidation sites excluding steroid dienone is 1. The van der Waals surface area contributed by atoms with Crippen LogP contribution in [-0.2, 0) is 11.2 Å². The van der Waals surface area contributed by atoms with Gasteiger partial charge in [-0.25, -0.2) is 4.79 Å². The van der Waals surface area contributed by atoms with Crippen molar-refractivity contribution in [1.82, 2.24) is 9.80 Å². The molecule has 1 aliphatic carbocycles. The summed E-state index contributed by atoms with van der Waals surface area (Å²) in [6.45, 7) is 7.57. The van der Waals surface area contributed by atoms with Gasteiger partial charge < -0.3 is 15.1 Å². The number of nitrogens with one attached hydrogen (secondary N) is 1. The van der Waals surface area contributed by atoms with E-state index in [4.69, 9.17) is 4.99 Å². The van der Waals surface area contributed by atoms with Crippen molar-refractivity contribution < 1.29 is 11.0 Å². The smallest absolute Gasteiger partial charge is 0.321 e. The van der Waals surface area contributed by atoms with Gasteiger partial charge >= 0.3 is 6.03 Å². The molecule has 0 aromatic heterocycles. The number of likely N-dealkylation sites (tertiary alicyclic amines) is 1. The maximum atomic E-state index is 13.3. The number of anilines is 1. The molecule has 2 fully saturated rings. The number of amides is 3. The number of piperidine rings is 1. The number of hydrogen-bond donors (Lipinski definition) is 1. The first-order valence-electron chi connectivity index (χ1n) is 15.2. The molecular weight excluding hydrogens is 496 g/mol. The van der Waals surface area contributed by atoms with Gasteiger partial charge in [-0.05, 0) is 62.6 Å². The third-order valence-electron chi connectivity index (χ3n) is 8.57. The van der Waals surface area contributed by atoms with E-state index in [-0.39, 0.29) is 19.3 Å². The van der Waals surface area contributed by atoms with Crippen molar-refractivity contribution in [3.63, 3.8) is 0 Å². The molecule has 6 heteroatoms. The summed E-state index contributed by atoms with van der Waals surface area (Å²) in [4.78, 5) is 35.2. The van der Waals surface area contributed by atoms with Crippen molar-refractivity contribution in [2.45, 2.75) is 84.6 Å². The first kappa shape index (κ1) is 29.6. The minimum Gasteiger partial charge on any atom is -0.337 e. The molecule has 1 aliphatic heterocycles. The minimum absolute atomic E-state index is 0. The van der Waals surface area contributed by atoms with Gasteiger partial charge in [0, 0.05) is 44.8 Å². The Morgan fingerprint density at radius 1 is 1.00 bits per heavy atom. The van der Waals surface area contributed by atoms with Crippen molar-refractivity contribution >= 4 is 23.3 Å². The van der Waals surface area contributed by atoms with Gasteiger partial charge in [0.2, 0.25) is 0 Å². The van der Waals surface area contributed by atoms with Crippen molar-refractivity contribution in [2.75, 3.05) is 25.5 Å². The summed E-state index contributed by atoms with van der Waals surface area (Å²) in [5, 5.41) is 3.16. The zero-order chi connectivity index (χ0) is 28.5. The summed E-state index contributed by atoms with van der Waals surface area (Å²) in [7, 11) is 1.93. The maximum Gasteiger partial charge on any atom is 0.321 e. The molecule has 2 aromatic carbocycles. The molecule has 4 rings (SSSR count). The molecule has 2 aromatic rings. The van der Waals surface area contributed by atoms with Crippen molar-refractivity contribution in [2.24, 2.45) is 10.9 Å². The topological polar surface area (TPSA) is 65.0 Å². The number of rotatable bonds is 8. The van der Waals surface area contributed by atoms with E-state index in [1.807, 2.05) is 55.0 Å². The summed E-state index contributed by atoms with van der Waals surface area (Å²) >= 11 is 0. The number of carbonyl (C=O) groups excluding carboxylic acids is 2. The lowest BCUT2D eigenvalue weighted by atomic mass is 9.92. The standard InChI is InChI=1S/C34H46N4O2.H2/c1-5-12-32(33(39)37(4)29-13-8-7-9-14-29)35-25(3)27-21-23-38(24-22-27)34(40)36-31-16-11-10-15-30(31)28-19-17-26(6-2)18-20-28;/h10-12,15-20,27,29H,5-9,13-14,21-24H2,1-4H3,(H,36,40);1H/b32-12-,35-25?;. The quantitative estimate of drug-likeness (QED) is 0.271. The molecule has 0 bridgehead atoms. The molecule has 1 saturated heterocycles. The van der Waals surface area contributed by atoms with Gasteiger partial charge in [0.25, 0.3) is 5.91 Å². The average molecular weight is 545 g/mol. The van der Waals surface area contributed by atoms with Crippen LogP contribution in [0.3, 0.4) is 0 Å². The van der Waals surface area contributed by atoms with Crippen LogP contribution in [0.5, 0.6) is 0 Å². The van der Waals surface area contributed by atoms with Crippen molar-refractivity contribution in [3.05, 3.63) is 65.9 Å². The molecule has 2 aliphatic rings. The van der Waals surface area contributed by atoms with E-state index in [0.29, 0.717) is 24.8 Å². The highest BCUT2D eigenvalue weighted by Gasteiger charge is 2.27. The van der Waals surface area contributed by atoms with E-state index in [2.05, 4.69) is 42.6 Å². The Kier molecular flexibility index (Phi) is 10.6. The van der Waals surface area contributed by atoms with Gasteiger partial charge in [0.05, 0.1) is 5.69 Å². The molecule has 40 heavy (non-hydrogen) atoms. The van der Waals surface area contributed by atoms with Gasteiger partial charge in [0.15, 0.2) is 0 Å². The second kappa shape index (κ2) is 14.3. The number of hydrogen-bond acceptors (Lipinski definition) is 3. The SMILES string of the molecule is CC/C=C(\N=C(C)C1CCN(C(=O)Nc2ccccc2-c2ccc(CC)cc2)CC1)C(=O)N(C)C1CCCCC1.[HH]. The minimum atomic E-state index is -0.0680. The van der Waals surface area contributed by atoms with E-state index in [9.17, 15) is 9.59 Å². The van der Waals surface area contributed by atoms with Gasteiger partial charge in [-0.15, -0.1) is 0 Å². The number of aliphatic imine (C=N–C) groups is 1. The Morgan fingerprint density at radius 2 is 1.68 bits per heavy atom. The average Bonchev–Trinajstić information content (AvgIpc) is 3.01. The second-order valence-electron chi connectivity index (χ2n) is 11.2. The molecule has 0 atom stereocenters. The van der Waals surface area contributed by atoms with Crippen LogP contribution in [-0.4, -0.2) is 53.6 Å². The van der Waals surface area contributed by atoms with Crippen LogP contribution in [0.4, 0.5) is 10.5 Å². The van der Waals surface area contributed by atoms with Gasteiger partial charge in [-0.1, -0.05) is 81.7 Å². The van der Waals surface area contributed by atoms with Crippen LogP contribution in [0.1, 0.15) is 79.1 Å². The fourth-order valence-electron chi connectivity index (χ4n) is 5.93. The second-order valence-corrected chi connectivity index (χ2v) is 11.2. The highest BCUT2D eigenvalue weighted by atomic mass is 16.2. The first-order valence-corrected chi connectivity index (χ1v) is 15.2. The van der Waals surface area contributed by atoms with Crippen LogP contribution in [0.25, 0.3) is 11.1 Å². The molecule has 3 amide bonds. The normalized spacial score (nSPS) is 17.6. The van der Waals surface area contributed by atoms with Gasteiger partial charge in [-0.3, -0.25) is 9.79 Å².